The van der Waals surface area contributed by atoms with Crippen molar-refractivity contribution >= 4 is 27.5 Å². The van der Waals surface area contributed by atoms with E-state index in [4.69, 9.17) is 11.1 Å². The standard InChI is InChI=1S/C14H20BrN3/c1-2-3-8-18(11-5-6-11)13-7-4-10(15)9-12(13)14(16)17/h4,7,9,11H,2-3,5-6,8H2,1H3,(H3,16,17). The van der Waals surface area contributed by atoms with Gasteiger partial charge in [0.1, 0.15) is 5.84 Å². The first-order valence-electron chi connectivity index (χ1n) is 6.54. The number of hydrogen-bond acceptors (Lipinski definition) is 2. The van der Waals surface area contributed by atoms with Crippen molar-refractivity contribution in [2.24, 2.45) is 5.73 Å². The molecule has 4 heteroatoms. The van der Waals surface area contributed by atoms with Crippen LogP contribution < -0.4 is 10.6 Å². The minimum absolute atomic E-state index is 0.147. The van der Waals surface area contributed by atoms with Crippen molar-refractivity contribution in [3.05, 3.63) is 28.2 Å². The van der Waals surface area contributed by atoms with E-state index in [9.17, 15) is 0 Å². The molecule has 1 aliphatic carbocycles. The van der Waals surface area contributed by atoms with Crippen molar-refractivity contribution in [2.45, 2.75) is 38.6 Å². The number of nitrogens with zero attached hydrogens (tertiary/aromatic N) is 1. The molecule has 0 saturated heterocycles. The van der Waals surface area contributed by atoms with Gasteiger partial charge in [0.05, 0.1) is 0 Å². The molecule has 1 saturated carbocycles. The molecule has 0 bridgehead atoms. The van der Waals surface area contributed by atoms with Crippen molar-refractivity contribution in [1.29, 1.82) is 5.41 Å². The zero-order valence-electron chi connectivity index (χ0n) is 10.7. The van der Waals surface area contributed by atoms with Crippen LogP contribution in [0.2, 0.25) is 0 Å². The monoisotopic (exact) mass is 309 g/mol. The van der Waals surface area contributed by atoms with Crippen LogP contribution in [0.3, 0.4) is 0 Å². The van der Waals surface area contributed by atoms with Crippen LogP contribution in [0.5, 0.6) is 0 Å². The number of anilines is 1. The Morgan fingerprint density at radius 2 is 2.22 bits per heavy atom. The molecule has 1 fully saturated rings. The largest absolute Gasteiger partial charge is 0.384 e. The summed E-state index contributed by atoms with van der Waals surface area (Å²) in [5.41, 5.74) is 7.66. The van der Waals surface area contributed by atoms with Gasteiger partial charge in [-0.3, -0.25) is 5.41 Å². The third-order valence-electron chi connectivity index (χ3n) is 3.30. The topological polar surface area (TPSA) is 53.1 Å². The number of hydrogen-bond donors (Lipinski definition) is 2. The first-order chi connectivity index (χ1) is 8.63. The van der Waals surface area contributed by atoms with Gasteiger partial charge in [0.15, 0.2) is 0 Å². The van der Waals surface area contributed by atoms with Crippen molar-refractivity contribution in [2.75, 3.05) is 11.4 Å². The van der Waals surface area contributed by atoms with Crippen LogP contribution in [0.25, 0.3) is 0 Å². The molecule has 98 valence electrons. The molecule has 18 heavy (non-hydrogen) atoms. The lowest BCUT2D eigenvalue weighted by atomic mass is 10.1. The van der Waals surface area contributed by atoms with E-state index >= 15 is 0 Å². The molecule has 0 aliphatic heterocycles. The van der Waals surface area contributed by atoms with Gasteiger partial charge in [0.2, 0.25) is 0 Å². The first-order valence-corrected chi connectivity index (χ1v) is 7.33. The quantitative estimate of drug-likeness (QED) is 0.624. The van der Waals surface area contributed by atoms with Gasteiger partial charge in [-0.15, -0.1) is 0 Å². The molecule has 0 atom stereocenters. The summed E-state index contributed by atoms with van der Waals surface area (Å²) in [6.45, 7) is 3.27. The second-order valence-electron chi connectivity index (χ2n) is 4.85. The fourth-order valence-corrected chi connectivity index (χ4v) is 2.55. The predicted octanol–water partition coefficient (Wildman–Crippen LogP) is 3.50. The van der Waals surface area contributed by atoms with Crippen LogP contribution >= 0.6 is 15.9 Å². The van der Waals surface area contributed by atoms with E-state index in [-0.39, 0.29) is 5.84 Å². The third-order valence-corrected chi connectivity index (χ3v) is 3.79. The zero-order valence-corrected chi connectivity index (χ0v) is 12.3. The first kappa shape index (κ1) is 13.4. The van der Waals surface area contributed by atoms with E-state index < -0.39 is 0 Å². The van der Waals surface area contributed by atoms with Gasteiger partial charge in [-0.1, -0.05) is 29.3 Å². The number of amidine groups is 1. The fourth-order valence-electron chi connectivity index (χ4n) is 2.19. The molecule has 2 rings (SSSR count). The Morgan fingerprint density at radius 3 is 2.78 bits per heavy atom. The smallest absolute Gasteiger partial charge is 0.124 e. The van der Waals surface area contributed by atoms with Crippen molar-refractivity contribution in [1.82, 2.24) is 0 Å². The van der Waals surface area contributed by atoms with Gasteiger partial charge in [0, 0.05) is 28.3 Å². The molecule has 0 heterocycles. The molecule has 3 nitrogen and oxygen atoms in total. The minimum atomic E-state index is 0.147. The maximum atomic E-state index is 7.73. The van der Waals surface area contributed by atoms with E-state index in [1.54, 1.807) is 0 Å². The van der Waals surface area contributed by atoms with Crippen LogP contribution in [-0.2, 0) is 0 Å². The summed E-state index contributed by atoms with van der Waals surface area (Å²) < 4.78 is 0.975. The van der Waals surface area contributed by atoms with Gasteiger partial charge in [0.25, 0.3) is 0 Å². The van der Waals surface area contributed by atoms with E-state index in [0.29, 0.717) is 6.04 Å². The van der Waals surface area contributed by atoms with Crippen LogP contribution in [0, 0.1) is 5.41 Å². The third kappa shape index (κ3) is 3.05. The van der Waals surface area contributed by atoms with Gasteiger partial charge in [-0.05, 0) is 37.5 Å². The Bertz CT molecular complexity index is 441. The van der Waals surface area contributed by atoms with E-state index in [0.717, 1.165) is 22.3 Å². The second kappa shape index (κ2) is 5.74. The molecule has 0 aromatic heterocycles. The molecular weight excluding hydrogens is 290 g/mol. The summed E-state index contributed by atoms with van der Waals surface area (Å²) in [6, 6.07) is 6.70. The molecule has 1 aromatic carbocycles. The molecule has 1 aliphatic rings. The Kier molecular flexibility index (Phi) is 4.27. The summed E-state index contributed by atoms with van der Waals surface area (Å²) in [5, 5.41) is 7.73. The molecular formula is C14H20BrN3. The van der Waals surface area contributed by atoms with Gasteiger partial charge in [-0.2, -0.15) is 0 Å². The number of nitrogens with two attached hydrogens (primary N) is 1. The highest BCUT2D eigenvalue weighted by atomic mass is 79.9. The maximum Gasteiger partial charge on any atom is 0.124 e. The number of nitrogen functional groups attached to an aromatic ring is 1. The summed E-state index contributed by atoms with van der Waals surface area (Å²) in [5.74, 6) is 0.147. The Morgan fingerprint density at radius 1 is 1.50 bits per heavy atom. The lowest BCUT2D eigenvalue weighted by Gasteiger charge is -2.27. The number of nitrogens with one attached hydrogen (secondary N) is 1. The average molecular weight is 310 g/mol. The van der Waals surface area contributed by atoms with Crippen LogP contribution in [-0.4, -0.2) is 18.4 Å². The van der Waals surface area contributed by atoms with Crippen LogP contribution in [0.15, 0.2) is 22.7 Å². The number of benzene rings is 1. The van der Waals surface area contributed by atoms with Gasteiger partial charge >= 0.3 is 0 Å². The minimum Gasteiger partial charge on any atom is -0.384 e. The number of rotatable bonds is 6. The Balaban J connectivity index is 2.30. The molecule has 0 unspecified atom stereocenters. The molecule has 0 spiro atoms. The van der Waals surface area contributed by atoms with Crippen molar-refractivity contribution in [3.8, 4) is 0 Å². The normalized spacial score (nSPS) is 14.6. The second-order valence-corrected chi connectivity index (χ2v) is 5.77. The predicted molar refractivity (Wildman–Crippen MR) is 80.4 cm³/mol. The highest BCUT2D eigenvalue weighted by molar-refractivity contribution is 9.10. The lowest BCUT2D eigenvalue weighted by molar-refractivity contribution is 0.712. The van der Waals surface area contributed by atoms with Crippen molar-refractivity contribution in [3.63, 3.8) is 0 Å². The molecule has 3 N–H and O–H groups in total. The highest BCUT2D eigenvalue weighted by Crippen LogP contribution is 2.34. The van der Waals surface area contributed by atoms with Gasteiger partial charge in [-0.25, -0.2) is 0 Å². The Hall–Kier alpha value is -1.03. The lowest BCUT2D eigenvalue weighted by Crippen LogP contribution is -2.29. The van der Waals surface area contributed by atoms with Gasteiger partial charge < -0.3 is 10.6 Å². The van der Waals surface area contributed by atoms with E-state index in [1.165, 1.54) is 25.7 Å². The average Bonchev–Trinajstić information content (AvgIpc) is 3.15. The number of halogens is 1. The fraction of sp³-hybridized carbons (Fsp3) is 0.500. The van der Waals surface area contributed by atoms with Crippen LogP contribution in [0.1, 0.15) is 38.2 Å². The summed E-state index contributed by atoms with van der Waals surface area (Å²) >= 11 is 3.45. The molecule has 0 amide bonds. The number of unbranched alkanes of at least 4 members (excludes halogenated alkanes) is 1. The summed E-state index contributed by atoms with van der Waals surface area (Å²) in [4.78, 5) is 2.42. The Labute approximate surface area is 117 Å². The van der Waals surface area contributed by atoms with Crippen LogP contribution in [0.4, 0.5) is 5.69 Å². The molecule has 1 aromatic rings. The van der Waals surface area contributed by atoms with E-state index in [1.807, 2.05) is 12.1 Å². The maximum absolute atomic E-state index is 7.73. The highest BCUT2D eigenvalue weighted by Gasteiger charge is 2.30. The van der Waals surface area contributed by atoms with E-state index in [2.05, 4.69) is 33.8 Å². The summed E-state index contributed by atoms with van der Waals surface area (Å²) in [7, 11) is 0. The summed E-state index contributed by atoms with van der Waals surface area (Å²) in [6.07, 6.45) is 4.90. The molecule has 0 radical (unpaired) electrons. The SMILES string of the molecule is CCCCN(c1ccc(Br)cc1C(=N)N)C1CC1. The van der Waals surface area contributed by atoms with Crippen molar-refractivity contribution < 1.29 is 0 Å². The zero-order chi connectivity index (χ0) is 13.1.